The molecule has 0 saturated heterocycles. The molecule has 1 fully saturated rings. The van der Waals surface area contributed by atoms with Crippen molar-refractivity contribution in [3.63, 3.8) is 0 Å². The van der Waals surface area contributed by atoms with E-state index in [-0.39, 0.29) is 16.4 Å². The molecule has 0 unspecified atom stereocenters. The van der Waals surface area contributed by atoms with E-state index in [1.54, 1.807) is 18.2 Å². The van der Waals surface area contributed by atoms with Crippen molar-refractivity contribution >= 4 is 17.4 Å². The molecule has 0 amide bonds. The highest BCUT2D eigenvalue weighted by atomic mass is 35.5. The van der Waals surface area contributed by atoms with Crippen LogP contribution >= 0.6 is 11.6 Å². The van der Waals surface area contributed by atoms with Crippen LogP contribution in [0.15, 0.2) is 42.5 Å². The number of ketones is 1. The summed E-state index contributed by atoms with van der Waals surface area (Å²) in [5, 5.41) is -0.111. The highest BCUT2D eigenvalue weighted by molar-refractivity contribution is 6.35. The van der Waals surface area contributed by atoms with Crippen LogP contribution in [-0.4, -0.2) is 5.78 Å². The summed E-state index contributed by atoms with van der Waals surface area (Å²) in [6.45, 7) is 0. The molecule has 1 aliphatic carbocycles. The lowest BCUT2D eigenvalue weighted by atomic mass is 9.80. The lowest BCUT2D eigenvalue weighted by Gasteiger charge is -2.25. The number of hydrogen-bond acceptors (Lipinski definition) is 1. The summed E-state index contributed by atoms with van der Waals surface area (Å²) in [6.07, 6.45) is 3.73. The van der Waals surface area contributed by atoms with Gasteiger partial charge in [-0.1, -0.05) is 48.4 Å². The molecule has 0 aliphatic heterocycles. The maximum atomic E-state index is 13.4. The zero-order valence-electron chi connectivity index (χ0n) is 10.9. The van der Waals surface area contributed by atoms with E-state index in [4.69, 9.17) is 11.6 Å². The molecule has 0 spiro atoms. The van der Waals surface area contributed by atoms with E-state index in [9.17, 15) is 9.18 Å². The summed E-state index contributed by atoms with van der Waals surface area (Å²) in [6, 6.07) is 11.9. The minimum absolute atomic E-state index is 0.111. The summed E-state index contributed by atoms with van der Waals surface area (Å²) < 4.78 is 13.4. The van der Waals surface area contributed by atoms with E-state index in [2.05, 4.69) is 0 Å². The molecule has 0 aromatic heterocycles. The standard InChI is InChI=1S/C17H14ClFO/c18-16-14(5-2-6-15(16)19)17(20)13-9-7-12(8-10-13)11-3-1-4-11/h2,5-11H,1,3-4H2. The van der Waals surface area contributed by atoms with Gasteiger partial charge in [-0.3, -0.25) is 4.79 Å². The molecule has 0 bridgehead atoms. The molecule has 0 N–H and O–H groups in total. The Morgan fingerprint density at radius 3 is 2.40 bits per heavy atom. The fraction of sp³-hybridized carbons (Fsp3) is 0.235. The topological polar surface area (TPSA) is 17.1 Å². The van der Waals surface area contributed by atoms with E-state index in [0.29, 0.717) is 11.5 Å². The number of benzene rings is 2. The Bertz CT molecular complexity index is 645. The van der Waals surface area contributed by atoms with Crippen molar-refractivity contribution in [2.75, 3.05) is 0 Å². The lowest BCUT2D eigenvalue weighted by molar-refractivity contribution is 0.103. The third-order valence-corrected chi connectivity index (χ3v) is 4.33. The zero-order chi connectivity index (χ0) is 14.1. The van der Waals surface area contributed by atoms with Crippen LogP contribution in [0.25, 0.3) is 0 Å². The summed E-state index contributed by atoms with van der Waals surface area (Å²) in [7, 11) is 0. The third-order valence-electron chi connectivity index (χ3n) is 3.95. The van der Waals surface area contributed by atoms with Gasteiger partial charge in [0.05, 0.1) is 5.02 Å². The Balaban J connectivity index is 1.88. The first-order valence-electron chi connectivity index (χ1n) is 6.75. The predicted molar refractivity (Wildman–Crippen MR) is 77.9 cm³/mol. The Labute approximate surface area is 122 Å². The average Bonchev–Trinajstić information content (AvgIpc) is 2.40. The monoisotopic (exact) mass is 288 g/mol. The van der Waals surface area contributed by atoms with Gasteiger partial charge in [0.2, 0.25) is 0 Å². The Morgan fingerprint density at radius 2 is 1.80 bits per heavy atom. The van der Waals surface area contributed by atoms with Crippen LogP contribution in [0.2, 0.25) is 5.02 Å². The van der Waals surface area contributed by atoms with Crippen LogP contribution in [0.1, 0.15) is 46.7 Å². The molecule has 20 heavy (non-hydrogen) atoms. The molecule has 0 atom stereocenters. The number of rotatable bonds is 3. The Hall–Kier alpha value is -1.67. The fourth-order valence-electron chi connectivity index (χ4n) is 2.48. The molecule has 1 nitrogen and oxygen atoms in total. The van der Waals surface area contributed by atoms with Gasteiger partial charge in [-0.25, -0.2) is 4.39 Å². The van der Waals surface area contributed by atoms with Gasteiger partial charge in [-0.05, 0) is 36.5 Å². The lowest BCUT2D eigenvalue weighted by Crippen LogP contribution is -2.09. The number of carbonyl (C=O) groups excluding carboxylic acids is 1. The molecule has 1 saturated carbocycles. The maximum Gasteiger partial charge on any atom is 0.194 e. The summed E-state index contributed by atoms with van der Waals surface area (Å²) in [5.74, 6) is -0.171. The molecule has 3 rings (SSSR count). The van der Waals surface area contributed by atoms with E-state index in [1.807, 2.05) is 12.1 Å². The molecular formula is C17H14ClFO. The minimum Gasteiger partial charge on any atom is -0.289 e. The highest BCUT2D eigenvalue weighted by Crippen LogP contribution is 2.36. The average molecular weight is 289 g/mol. The van der Waals surface area contributed by atoms with Gasteiger partial charge >= 0.3 is 0 Å². The Kier molecular flexibility index (Phi) is 3.58. The first-order valence-corrected chi connectivity index (χ1v) is 7.13. The van der Waals surface area contributed by atoms with Gasteiger partial charge in [0.25, 0.3) is 0 Å². The van der Waals surface area contributed by atoms with Crippen LogP contribution in [0.5, 0.6) is 0 Å². The number of hydrogen-bond donors (Lipinski definition) is 0. The van der Waals surface area contributed by atoms with Gasteiger partial charge in [-0.15, -0.1) is 0 Å². The second-order valence-electron chi connectivity index (χ2n) is 5.18. The second-order valence-corrected chi connectivity index (χ2v) is 5.56. The number of carbonyl (C=O) groups is 1. The molecular weight excluding hydrogens is 275 g/mol. The smallest absolute Gasteiger partial charge is 0.194 e. The predicted octanol–water partition coefficient (Wildman–Crippen LogP) is 4.98. The fourth-order valence-corrected chi connectivity index (χ4v) is 2.69. The summed E-state index contributed by atoms with van der Waals surface area (Å²) in [5.41, 5.74) is 2.03. The molecule has 2 aromatic rings. The molecule has 0 radical (unpaired) electrons. The van der Waals surface area contributed by atoms with Crippen molar-refractivity contribution < 1.29 is 9.18 Å². The van der Waals surface area contributed by atoms with Gasteiger partial charge in [0.15, 0.2) is 5.78 Å². The highest BCUT2D eigenvalue weighted by Gasteiger charge is 2.20. The number of halogens is 2. The van der Waals surface area contributed by atoms with Crippen LogP contribution < -0.4 is 0 Å². The molecule has 102 valence electrons. The van der Waals surface area contributed by atoms with Gasteiger partial charge < -0.3 is 0 Å². The SMILES string of the molecule is O=C(c1ccc(C2CCC2)cc1)c1cccc(F)c1Cl. The van der Waals surface area contributed by atoms with Crippen molar-refractivity contribution in [1.29, 1.82) is 0 Å². The van der Waals surface area contributed by atoms with Crippen LogP contribution in [0.3, 0.4) is 0 Å². The van der Waals surface area contributed by atoms with E-state index >= 15 is 0 Å². The molecule has 2 aromatic carbocycles. The maximum absolute atomic E-state index is 13.4. The van der Waals surface area contributed by atoms with Crippen LogP contribution in [0, 0.1) is 5.82 Å². The third kappa shape index (κ3) is 2.36. The first-order chi connectivity index (χ1) is 9.66. The van der Waals surface area contributed by atoms with Crippen LogP contribution in [0.4, 0.5) is 4.39 Å². The largest absolute Gasteiger partial charge is 0.289 e. The van der Waals surface area contributed by atoms with Crippen molar-refractivity contribution in [2.24, 2.45) is 0 Å². The molecule has 1 aliphatic rings. The van der Waals surface area contributed by atoms with E-state index in [0.717, 1.165) is 0 Å². The van der Waals surface area contributed by atoms with Gasteiger partial charge in [0, 0.05) is 11.1 Å². The van der Waals surface area contributed by atoms with Crippen LogP contribution in [-0.2, 0) is 0 Å². The molecule has 0 heterocycles. The summed E-state index contributed by atoms with van der Waals surface area (Å²) in [4.78, 5) is 12.3. The van der Waals surface area contributed by atoms with Gasteiger partial charge in [-0.2, -0.15) is 0 Å². The van der Waals surface area contributed by atoms with Crippen molar-refractivity contribution in [3.05, 3.63) is 70.0 Å². The first kappa shape index (κ1) is 13.3. The minimum atomic E-state index is -0.566. The van der Waals surface area contributed by atoms with Crippen molar-refractivity contribution in [2.45, 2.75) is 25.2 Å². The van der Waals surface area contributed by atoms with E-state index in [1.165, 1.54) is 37.0 Å². The van der Waals surface area contributed by atoms with E-state index < -0.39 is 5.82 Å². The normalized spacial score (nSPS) is 14.9. The molecule has 3 heteroatoms. The Morgan fingerprint density at radius 1 is 1.10 bits per heavy atom. The second kappa shape index (κ2) is 5.37. The van der Waals surface area contributed by atoms with Gasteiger partial charge in [0.1, 0.15) is 5.82 Å². The quantitative estimate of drug-likeness (QED) is 0.728. The van der Waals surface area contributed by atoms with Crippen molar-refractivity contribution in [3.8, 4) is 0 Å². The summed E-state index contributed by atoms with van der Waals surface area (Å²) >= 11 is 5.86. The van der Waals surface area contributed by atoms with Crippen molar-refractivity contribution in [1.82, 2.24) is 0 Å². The zero-order valence-corrected chi connectivity index (χ0v) is 11.7.